The zero-order valence-corrected chi connectivity index (χ0v) is 16.5. The second-order valence-corrected chi connectivity index (χ2v) is 7.43. The second-order valence-electron chi connectivity index (χ2n) is 7.43. The Kier molecular flexibility index (Phi) is 6.82. The van der Waals surface area contributed by atoms with E-state index in [2.05, 4.69) is 5.32 Å². The van der Waals surface area contributed by atoms with Crippen molar-refractivity contribution in [2.24, 2.45) is 5.92 Å². The number of hydrogen-bond donors (Lipinski definition) is 2. The first-order valence-electron chi connectivity index (χ1n) is 9.72. The van der Waals surface area contributed by atoms with Gasteiger partial charge in [-0.15, -0.1) is 0 Å². The van der Waals surface area contributed by atoms with Gasteiger partial charge in [0.25, 0.3) is 0 Å². The number of phenolic OH excluding ortho intramolecular Hbond substituents is 1. The Hall–Kier alpha value is -2.93. The SMILES string of the molecule is CN(Cc1ccc(F)cc1)C(=O)CN1CCC(C(=O)Nc2ccccc2O)CC1. The van der Waals surface area contributed by atoms with Gasteiger partial charge in [-0.05, 0) is 55.8 Å². The topological polar surface area (TPSA) is 72.9 Å². The van der Waals surface area contributed by atoms with Crippen LogP contribution in [0.3, 0.4) is 0 Å². The highest BCUT2D eigenvalue weighted by molar-refractivity contribution is 5.93. The highest BCUT2D eigenvalue weighted by Crippen LogP contribution is 2.24. The van der Waals surface area contributed by atoms with E-state index < -0.39 is 0 Å². The molecule has 1 saturated heterocycles. The smallest absolute Gasteiger partial charge is 0.236 e. The fourth-order valence-electron chi connectivity index (χ4n) is 3.43. The normalized spacial score (nSPS) is 15.1. The summed E-state index contributed by atoms with van der Waals surface area (Å²) in [4.78, 5) is 28.6. The molecule has 0 aliphatic carbocycles. The first-order valence-corrected chi connectivity index (χ1v) is 9.72. The molecule has 29 heavy (non-hydrogen) atoms. The summed E-state index contributed by atoms with van der Waals surface area (Å²) in [6, 6.07) is 12.8. The summed E-state index contributed by atoms with van der Waals surface area (Å²) in [6.07, 6.45) is 1.32. The summed E-state index contributed by atoms with van der Waals surface area (Å²) in [5.41, 5.74) is 1.29. The molecule has 1 aliphatic rings. The summed E-state index contributed by atoms with van der Waals surface area (Å²) in [5, 5.41) is 12.6. The van der Waals surface area contributed by atoms with Gasteiger partial charge in [-0.3, -0.25) is 14.5 Å². The van der Waals surface area contributed by atoms with Crippen LogP contribution in [0.25, 0.3) is 0 Å². The highest BCUT2D eigenvalue weighted by Gasteiger charge is 2.27. The van der Waals surface area contributed by atoms with E-state index in [1.807, 2.05) is 4.90 Å². The van der Waals surface area contributed by atoms with E-state index in [9.17, 15) is 19.1 Å². The van der Waals surface area contributed by atoms with Crippen LogP contribution < -0.4 is 5.32 Å². The average molecular weight is 399 g/mol. The molecule has 2 N–H and O–H groups in total. The third kappa shape index (κ3) is 5.77. The van der Waals surface area contributed by atoms with Crippen LogP contribution >= 0.6 is 0 Å². The van der Waals surface area contributed by atoms with Crippen molar-refractivity contribution in [3.63, 3.8) is 0 Å². The molecule has 1 fully saturated rings. The van der Waals surface area contributed by atoms with Gasteiger partial charge in [0.05, 0.1) is 12.2 Å². The van der Waals surface area contributed by atoms with Crippen LogP contribution in [0.5, 0.6) is 5.75 Å². The number of halogens is 1. The summed E-state index contributed by atoms with van der Waals surface area (Å²) in [6.45, 7) is 2.05. The second kappa shape index (κ2) is 9.52. The van der Waals surface area contributed by atoms with Gasteiger partial charge in [-0.1, -0.05) is 24.3 Å². The molecular formula is C22H26FN3O3. The quantitative estimate of drug-likeness (QED) is 0.733. The average Bonchev–Trinajstić information content (AvgIpc) is 2.72. The Bertz CT molecular complexity index is 849. The third-order valence-electron chi connectivity index (χ3n) is 5.24. The summed E-state index contributed by atoms with van der Waals surface area (Å²) in [5.74, 6) is -0.500. The third-order valence-corrected chi connectivity index (χ3v) is 5.24. The lowest BCUT2D eigenvalue weighted by atomic mass is 9.95. The van der Waals surface area contributed by atoms with Gasteiger partial charge in [-0.2, -0.15) is 0 Å². The molecule has 0 unspecified atom stereocenters. The molecule has 6 nitrogen and oxygen atoms in total. The predicted molar refractivity (Wildman–Crippen MR) is 109 cm³/mol. The van der Waals surface area contributed by atoms with Crippen molar-refractivity contribution in [2.45, 2.75) is 19.4 Å². The molecule has 0 saturated carbocycles. The lowest BCUT2D eigenvalue weighted by Crippen LogP contribution is -2.43. The van der Waals surface area contributed by atoms with Crippen LogP contribution in [-0.2, 0) is 16.1 Å². The molecule has 0 spiro atoms. The van der Waals surface area contributed by atoms with Gasteiger partial charge in [-0.25, -0.2) is 4.39 Å². The van der Waals surface area contributed by atoms with Crippen LogP contribution in [0, 0.1) is 11.7 Å². The Morgan fingerprint density at radius 3 is 2.45 bits per heavy atom. The monoisotopic (exact) mass is 399 g/mol. The minimum atomic E-state index is -0.294. The van der Waals surface area contributed by atoms with Crippen LogP contribution in [0.4, 0.5) is 10.1 Å². The van der Waals surface area contributed by atoms with Crippen molar-refractivity contribution < 1.29 is 19.1 Å². The Morgan fingerprint density at radius 1 is 1.14 bits per heavy atom. The number of piperidine rings is 1. The molecule has 0 bridgehead atoms. The van der Waals surface area contributed by atoms with E-state index in [1.54, 1.807) is 42.3 Å². The Balaban J connectivity index is 1.44. The fraction of sp³-hybridized carbons (Fsp3) is 0.364. The van der Waals surface area contributed by atoms with E-state index in [0.717, 1.165) is 5.56 Å². The number of amides is 2. The number of nitrogens with one attached hydrogen (secondary N) is 1. The molecule has 154 valence electrons. The van der Waals surface area contributed by atoms with Crippen LogP contribution in [-0.4, -0.2) is 53.4 Å². The molecule has 0 aromatic heterocycles. The number of hydrogen-bond acceptors (Lipinski definition) is 4. The number of carbonyl (C=O) groups excluding carboxylic acids is 2. The van der Waals surface area contributed by atoms with Gasteiger partial charge < -0.3 is 15.3 Å². The van der Waals surface area contributed by atoms with E-state index in [4.69, 9.17) is 0 Å². The molecule has 0 radical (unpaired) electrons. The number of likely N-dealkylation sites (N-methyl/N-ethyl adjacent to an activating group) is 1. The number of nitrogens with zero attached hydrogens (tertiary/aromatic N) is 2. The largest absolute Gasteiger partial charge is 0.506 e. The number of benzene rings is 2. The van der Waals surface area contributed by atoms with Crippen molar-refractivity contribution in [3.8, 4) is 5.75 Å². The van der Waals surface area contributed by atoms with Crippen LogP contribution in [0.15, 0.2) is 48.5 Å². The molecular weight excluding hydrogens is 373 g/mol. The maximum absolute atomic E-state index is 13.0. The van der Waals surface area contributed by atoms with Gasteiger partial charge in [0, 0.05) is 19.5 Å². The first kappa shape index (κ1) is 20.8. The molecule has 1 aliphatic heterocycles. The molecule has 2 amide bonds. The standard InChI is InChI=1S/C22H26FN3O3/c1-25(14-16-6-8-18(23)9-7-16)21(28)15-26-12-10-17(11-13-26)22(29)24-19-4-2-3-5-20(19)27/h2-9,17,27H,10-15H2,1H3,(H,24,29). The highest BCUT2D eigenvalue weighted by atomic mass is 19.1. The van der Waals surface area contributed by atoms with E-state index >= 15 is 0 Å². The lowest BCUT2D eigenvalue weighted by Gasteiger charge is -2.32. The van der Waals surface area contributed by atoms with E-state index in [-0.39, 0.29) is 29.3 Å². The van der Waals surface area contributed by atoms with Crippen molar-refractivity contribution in [2.75, 3.05) is 32.0 Å². The van der Waals surface area contributed by atoms with Crippen molar-refractivity contribution in [1.82, 2.24) is 9.80 Å². The van der Waals surface area contributed by atoms with Crippen LogP contribution in [0.2, 0.25) is 0 Å². The Labute approximate surface area is 169 Å². The maximum atomic E-state index is 13.0. The molecule has 7 heteroatoms. The van der Waals surface area contributed by atoms with E-state index in [1.165, 1.54) is 18.2 Å². The molecule has 3 rings (SSSR count). The molecule has 0 atom stereocenters. The zero-order chi connectivity index (χ0) is 20.8. The number of para-hydroxylation sites is 2. The van der Waals surface area contributed by atoms with Gasteiger partial charge in [0.1, 0.15) is 11.6 Å². The van der Waals surface area contributed by atoms with Gasteiger partial charge in [0.2, 0.25) is 11.8 Å². The van der Waals surface area contributed by atoms with Crippen molar-refractivity contribution >= 4 is 17.5 Å². The zero-order valence-electron chi connectivity index (χ0n) is 16.5. The minimum absolute atomic E-state index is 0.00793. The van der Waals surface area contributed by atoms with Gasteiger partial charge >= 0.3 is 0 Å². The van der Waals surface area contributed by atoms with Gasteiger partial charge in [0.15, 0.2) is 0 Å². The number of phenols is 1. The summed E-state index contributed by atoms with van der Waals surface area (Å²) >= 11 is 0. The first-order chi connectivity index (χ1) is 13.9. The molecule has 2 aromatic rings. The minimum Gasteiger partial charge on any atom is -0.506 e. The summed E-state index contributed by atoms with van der Waals surface area (Å²) < 4.78 is 13.0. The maximum Gasteiger partial charge on any atom is 0.236 e. The fourth-order valence-corrected chi connectivity index (χ4v) is 3.43. The Morgan fingerprint density at radius 2 is 1.79 bits per heavy atom. The summed E-state index contributed by atoms with van der Waals surface area (Å²) in [7, 11) is 1.73. The van der Waals surface area contributed by atoms with Crippen LogP contribution in [0.1, 0.15) is 18.4 Å². The van der Waals surface area contributed by atoms with Crippen molar-refractivity contribution in [1.29, 1.82) is 0 Å². The predicted octanol–water partition coefficient (Wildman–Crippen LogP) is 2.84. The molecule has 1 heterocycles. The van der Waals surface area contributed by atoms with Crippen molar-refractivity contribution in [3.05, 3.63) is 59.9 Å². The number of carbonyl (C=O) groups is 2. The number of likely N-dealkylation sites (tertiary alicyclic amines) is 1. The number of anilines is 1. The number of rotatable bonds is 6. The molecule has 2 aromatic carbocycles. The van der Waals surface area contributed by atoms with E-state index in [0.29, 0.717) is 44.7 Å². The lowest BCUT2D eigenvalue weighted by molar-refractivity contribution is -0.132. The number of aromatic hydroxyl groups is 1.